The van der Waals surface area contributed by atoms with Gasteiger partial charge in [-0.2, -0.15) is 0 Å². The summed E-state index contributed by atoms with van der Waals surface area (Å²) in [6.07, 6.45) is 7.72. The smallest absolute Gasteiger partial charge is 0.266 e. The van der Waals surface area contributed by atoms with Gasteiger partial charge < -0.3 is 9.47 Å². The van der Waals surface area contributed by atoms with Gasteiger partial charge in [0.05, 0.1) is 5.56 Å². The molecule has 5 rings (SSSR count). The van der Waals surface area contributed by atoms with Crippen LogP contribution in [0.1, 0.15) is 48.9 Å². The third-order valence-corrected chi connectivity index (χ3v) is 7.67. The lowest BCUT2D eigenvalue weighted by Gasteiger charge is -2.27. The molecule has 0 aromatic heterocycles. The summed E-state index contributed by atoms with van der Waals surface area (Å²) in [6, 6.07) is 25.2. The molecule has 2 heterocycles. The number of carbonyl (C=O) groups is 1. The second kappa shape index (κ2) is 14.2. The van der Waals surface area contributed by atoms with Crippen molar-refractivity contribution in [1.29, 1.82) is 0 Å². The molecule has 6 heteroatoms. The Bertz CT molecular complexity index is 1160. The monoisotopic (exact) mass is 527 g/mol. The Kier molecular flexibility index (Phi) is 9.88. The number of likely N-dealkylation sites (tertiary alicyclic amines) is 2. The third-order valence-electron chi connectivity index (χ3n) is 7.67. The Morgan fingerprint density at radius 2 is 1.15 bits per heavy atom. The van der Waals surface area contributed by atoms with Crippen LogP contribution in [0.3, 0.4) is 0 Å². The molecular weight excluding hydrogens is 486 g/mol. The maximum atomic E-state index is 14.1. The molecule has 3 aromatic rings. The van der Waals surface area contributed by atoms with Gasteiger partial charge in [0, 0.05) is 24.5 Å². The molecule has 0 saturated carbocycles. The third kappa shape index (κ3) is 7.61. The average molecular weight is 528 g/mol. The van der Waals surface area contributed by atoms with Gasteiger partial charge in [0.2, 0.25) is 0 Å². The molecule has 2 fully saturated rings. The number of hydrogen-bond donors (Lipinski definition) is 0. The predicted octanol–water partition coefficient (Wildman–Crippen LogP) is 6.39. The lowest BCUT2D eigenvalue weighted by atomic mass is 10.1. The summed E-state index contributed by atoms with van der Waals surface area (Å²) in [6.45, 7) is 7.66. The first-order valence-corrected chi connectivity index (χ1v) is 14.6. The first-order chi connectivity index (χ1) is 19.3. The van der Waals surface area contributed by atoms with Crippen LogP contribution < -0.4 is 14.4 Å². The van der Waals surface area contributed by atoms with Gasteiger partial charge in [-0.05, 0) is 100 Å². The number of benzene rings is 3. The second-order valence-corrected chi connectivity index (χ2v) is 10.5. The van der Waals surface area contributed by atoms with E-state index in [1.165, 1.54) is 51.6 Å². The van der Waals surface area contributed by atoms with Crippen LogP contribution in [0, 0.1) is 0 Å². The first kappa shape index (κ1) is 27.2. The molecule has 2 aliphatic rings. The summed E-state index contributed by atoms with van der Waals surface area (Å²) in [5.41, 5.74) is 2.16. The number of ether oxygens (including phenoxy) is 2. The summed E-state index contributed by atoms with van der Waals surface area (Å²) >= 11 is 0. The van der Waals surface area contributed by atoms with Gasteiger partial charge in [0.15, 0.2) is 0 Å². The minimum Gasteiger partial charge on any atom is -0.492 e. The predicted molar refractivity (Wildman–Crippen MR) is 157 cm³/mol. The minimum absolute atomic E-state index is 0.117. The van der Waals surface area contributed by atoms with E-state index >= 15 is 0 Å². The van der Waals surface area contributed by atoms with Crippen LogP contribution in [0.4, 0.5) is 11.4 Å². The molecule has 0 atom stereocenters. The van der Waals surface area contributed by atoms with E-state index in [0.29, 0.717) is 24.5 Å². The van der Waals surface area contributed by atoms with Gasteiger partial charge in [-0.1, -0.05) is 43.2 Å². The van der Waals surface area contributed by atoms with Crippen molar-refractivity contribution in [2.24, 2.45) is 0 Å². The van der Waals surface area contributed by atoms with Crippen LogP contribution in [-0.4, -0.2) is 68.2 Å². The van der Waals surface area contributed by atoms with E-state index in [0.717, 1.165) is 43.3 Å². The van der Waals surface area contributed by atoms with Crippen molar-refractivity contribution in [1.82, 2.24) is 9.80 Å². The number of nitrogens with zero attached hydrogens (tertiary/aromatic N) is 3. The van der Waals surface area contributed by atoms with Crippen molar-refractivity contribution < 1.29 is 14.3 Å². The molecule has 1 amide bonds. The van der Waals surface area contributed by atoms with Gasteiger partial charge in [-0.15, -0.1) is 0 Å². The van der Waals surface area contributed by atoms with Crippen molar-refractivity contribution in [3.8, 4) is 11.5 Å². The topological polar surface area (TPSA) is 45.3 Å². The summed E-state index contributed by atoms with van der Waals surface area (Å²) in [5, 5.41) is 0. The average Bonchev–Trinajstić information content (AvgIpc) is 3.00. The fourth-order valence-electron chi connectivity index (χ4n) is 5.49. The van der Waals surface area contributed by atoms with Crippen LogP contribution in [0.15, 0.2) is 78.9 Å². The highest BCUT2D eigenvalue weighted by atomic mass is 16.5. The molecule has 206 valence electrons. The summed E-state index contributed by atoms with van der Waals surface area (Å²) < 4.78 is 12.2. The fraction of sp³-hybridized carbons (Fsp3) is 0.424. The number of hydrogen-bond acceptors (Lipinski definition) is 5. The highest BCUT2D eigenvalue weighted by molar-refractivity contribution is 6.12. The molecule has 0 spiro atoms. The molecule has 39 heavy (non-hydrogen) atoms. The number of amides is 1. The lowest BCUT2D eigenvalue weighted by Crippen LogP contribution is -2.33. The van der Waals surface area contributed by atoms with E-state index in [2.05, 4.69) is 9.80 Å². The number of carbonyl (C=O) groups excluding carboxylic acids is 1. The van der Waals surface area contributed by atoms with E-state index in [9.17, 15) is 4.79 Å². The Morgan fingerprint density at radius 1 is 0.615 bits per heavy atom. The summed E-state index contributed by atoms with van der Waals surface area (Å²) in [5.74, 6) is 1.32. The fourth-order valence-corrected chi connectivity index (χ4v) is 5.49. The zero-order valence-electron chi connectivity index (χ0n) is 23.0. The molecule has 3 aromatic carbocycles. The zero-order chi connectivity index (χ0) is 26.7. The molecule has 0 unspecified atom stereocenters. The highest BCUT2D eigenvalue weighted by Crippen LogP contribution is 2.31. The highest BCUT2D eigenvalue weighted by Gasteiger charge is 2.23. The minimum atomic E-state index is -0.117. The molecule has 0 aliphatic carbocycles. The summed E-state index contributed by atoms with van der Waals surface area (Å²) in [7, 11) is 0. The van der Waals surface area contributed by atoms with Crippen molar-refractivity contribution in [3.63, 3.8) is 0 Å². The lowest BCUT2D eigenvalue weighted by molar-refractivity contribution is 0.0994. The Labute approximate surface area is 233 Å². The molecule has 6 nitrogen and oxygen atoms in total. The van der Waals surface area contributed by atoms with Crippen molar-refractivity contribution in [2.45, 2.75) is 38.5 Å². The molecule has 0 radical (unpaired) electrons. The van der Waals surface area contributed by atoms with Crippen molar-refractivity contribution >= 4 is 17.3 Å². The van der Waals surface area contributed by atoms with Crippen LogP contribution in [0.25, 0.3) is 0 Å². The second-order valence-electron chi connectivity index (χ2n) is 10.5. The standard InChI is InChI=1S/C33H41N3O3/c37-33(31-14-6-7-15-32(31)39-27-25-35-22-10-3-11-23-35)36(28-12-4-1-5-13-28)29-16-18-30(19-17-29)38-26-24-34-20-8-2-9-21-34/h1,4-7,12-19H,2-3,8-11,20-27H2. The van der Waals surface area contributed by atoms with Gasteiger partial charge in [-0.3, -0.25) is 19.5 Å². The quantitative estimate of drug-likeness (QED) is 0.289. The Morgan fingerprint density at radius 3 is 1.79 bits per heavy atom. The number of para-hydroxylation sites is 2. The van der Waals surface area contributed by atoms with E-state index in [1.807, 2.05) is 78.9 Å². The van der Waals surface area contributed by atoms with E-state index in [4.69, 9.17) is 9.47 Å². The van der Waals surface area contributed by atoms with Crippen LogP contribution in [0.5, 0.6) is 11.5 Å². The first-order valence-electron chi connectivity index (χ1n) is 14.6. The molecular formula is C33H41N3O3. The molecule has 0 bridgehead atoms. The molecule has 0 N–H and O–H groups in total. The maximum absolute atomic E-state index is 14.1. The number of anilines is 2. The summed E-state index contributed by atoms with van der Waals surface area (Å²) in [4.78, 5) is 20.7. The van der Waals surface area contributed by atoms with Crippen LogP contribution in [0.2, 0.25) is 0 Å². The van der Waals surface area contributed by atoms with Crippen LogP contribution >= 0.6 is 0 Å². The van der Waals surface area contributed by atoms with Gasteiger partial charge in [0.25, 0.3) is 5.91 Å². The van der Waals surface area contributed by atoms with E-state index in [-0.39, 0.29) is 5.91 Å². The Hall–Kier alpha value is -3.35. The number of piperidine rings is 2. The number of rotatable bonds is 11. The largest absolute Gasteiger partial charge is 0.492 e. The molecule has 2 aliphatic heterocycles. The van der Waals surface area contributed by atoms with Crippen LogP contribution in [-0.2, 0) is 0 Å². The molecule has 2 saturated heterocycles. The maximum Gasteiger partial charge on any atom is 0.266 e. The SMILES string of the molecule is O=C(c1ccccc1OCCN1CCCCC1)N(c1ccccc1)c1ccc(OCCN2CCCCC2)cc1. The zero-order valence-corrected chi connectivity index (χ0v) is 23.0. The van der Waals surface area contributed by atoms with Gasteiger partial charge in [-0.25, -0.2) is 0 Å². The van der Waals surface area contributed by atoms with Gasteiger partial charge >= 0.3 is 0 Å². The van der Waals surface area contributed by atoms with E-state index < -0.39 is 0 Å². The van der Waals surface area contributed by atoms with Crippen molar-refractivity contribution in [3.05, 3.63) is 84.4 Å². The van der Waals surface area contributed by atoms with Gasteiger partial charge in [0.1, 0.15) is 24.7 Å². The Balaban J connectivity index is 1.28. The van der Waals surface area contributed by atoms with E-state index in [1.54, 1.807) is 4.90 Å². The normalized spacial score (nSPS) is 16.5. The van der Waals surface area contributed by atoms with Crippen molar-refractivity contribution in [2.75, 3.05) is 57.4 Å².